The Morgan fingerprint density at radius 1 is 1.23 bits per heavy atom. The molecule has 8 atom stereocenters. The monoisotopic (exact) mass is 555 g/mol. The van der Waals surface area contributed by atoms with Gasteiger partial charge in [0, 0.05) is 36.4 Å². The molecule has 212 valence electrons. The summed E-state index contributed by atoms with van der Waals surface area (Å²) in [6.07, 6.45) is 8.94. The van der Waals surface area contributed by atoms with Crippen molar-refractivity contribution in [3.63, 3.8) is 0 Å². The number of rotatable bonds is 10. The summed E-state index contributed by atoms with van der Waals surface area (Å²) >= 11 is 1.60. The third-order valence-corrected chi connectivity index (χ3v) is 9.91. The lowest BCUT2D eigenvalue weighted by molar-refractivity contribution is -0.141. The van der Waals surface area contributed by atoms with Gasteiger partial charge in [0.25, 0.3) is 0 Å². The highest BCUT2D eigenvalue weighted by atomic mass is 32.2. The lowest BCUT2D eigenvalue weighted by Crippen LogP contribution is -2.58. The first-order valence-corrected chi connectivity index (χ1v) is 15.5. The van der Waals surface area contributed by atoms with Crippen LogP contribution in [-0.2, 0) is 23.9 Å². The van der Waals surface area contributed by atoms with Crippen molar-refractivity contribution >= 4 is 35.2 Å². The molecule has 3 heterocycles. The van der Waals surface area contributed by atoms with Crippen LogP contribution < -0.4 is 10.6 Å². The van der Waals surface area contributed by atoms with E-state index in [1.54, 1.807) is 16.7 Å². The Hall–Kier alpha value is -2.36. The van der Waals surface area contributed by atoms with Crippen LogP contribution in [0.5, 0.6) is 0 Å². The van der Waals surface area contributed by atoms with Crippen LogP contribution in [-0.4, -0.2) is 72.4 Å². The van der Waals surface area contributed by atoms with Gasteiger partial charge in [0.2, 0.25) is 17.7 Å². The Balaban J connectivity index is 1.41. The Bertz CT molecular complexity index is 1130. The predicted molar refractivity (Wildman–Crippen MR) is 151 cm³/mol. The maximum atomic E-state index is 14.0. The minimum absolute atomic E-state index is 0.0578. The van der Waals surface area contributed by atoms with Crippen molar-refractivity contribution < 1.29 is 23.9 Å². The second kappa shape index (κ2) is 11.6. The number of nitrogens with one attached hydrogen (secondary N) is 2. The predicted octanol–water partition coefficient (Wildman–Crippen LogP) is 3.87. The highest BCUT2D eigenvalue weighted by molar-refractivity contribution is 7.98. The van der Waals surface area contributed by atoms with E-state index >= 15 is 0 Å². The number of thioether (sulfide) groups is 1. The molecule has 39 heavy (non-hydrogen) atoms. The van der Waals surface area contributed by atoms with Gasteiger partial charge in [-0.15, -0.1) is 11.8 Å². The van der Waals surface area contributed by atoms with Gasteiger partial charge in [-0.3, -0.25) is 14.4 Å². The number of fused-ring (bicyclic) bond motifs is 1. The summed E-state index contributed by atoms with van der Waals surface area (Å²) in [6, 6.07) is 6.88. The summed E-state index contributed by atoms with van der Waals surface area (Å²) in [4.78, 5) is 44.4. The Morgan fingerprint density at radius 2 is 2.05 bits per heavy atom. The van der Waals surface area contributed by atoms with E-state index in [1.807, 2.05) is 49.6 Å². The second-order valence-corrected chi connectivity index (χ2v) is 12.3. The van der Waals surface area contributed by atoms with Gasteiger partial charge in [-0.2, -0.15) is 0 Å². The van der Waals surface area contributed by atoms with Crippen LogP contribution in [0.4, 0.5) is 5.69 Å². The van der Waals surface area contributed by atoms with Crippen LogP contribution >= 0.6 is 11.8 Å². The fraction of sp³-hybridized carbons (Fsp3) is 0.633. The van der Waals surface area contributed by atoms with Crippen LogP contribution in [0.2, 0.25) is 0 Å². The fourth-order valence-corrected chi connectivity index (χ4v) is 7.42. The molecule has 5 rings (SSSR count). The quantitative estimate of drug-likeness (QED) is 0.259. The zero-order valence-corrected chi connectivity index (χ0v) is 24.2. The number of hydrogen-bond acceptors (Lipinski definition) is 6. The Labute approximate surface area is 235 Å². The first-order chi connectivity index (χ1) is 18.8. The smallest absolute Gasteiger partial charge is 0.246 e. The van der Waals surface area contributed by atoms with Crippen molar-refractivity contribution in [2.24, 2.45) is 23.7 Å². The minimum atomic E-state index is -1.15. The molecule has 4 aliphatic rings. The maximum Gasteiger partial charge on any atom is 0.246 e. The molecule has 0 aromatic heterocycles. The molecular weight excluding hydrogens is 514 g/mol. The standard InChI is InChI=1S/C30H41N3O5S/c1-5-37-16-8-15-33-26(28(35)32-22-12-6-9-18(2)19(22)3)30-14-13-23(38-30)24(25(30)29(33)36)27(34)31-20-10-7-11-21(17-20)39-4/h7,10-11,13-14,17-19,22-26H,5-6,8-9,12,15-16H2,1-4H3,(H,31,34)(H,32,35)/t18-,19-,22+,23-,24+,25-,26-,30-/m0/s1. The molecule has 3 amide bonds. The number of carbonyl (C=O) groups excluding carboxylic acids is 3. The highest BCUT2D eigenvalue weighted by Crippen LogP contribution is 2.55. The van der Waals surface area contributed by atoms with Crippen molar-refractivity contribution in [1.82, 2.24) is 10.2 Å². The Kier molecular flexibility index (Phi) is 8.40. The molecule has 2 N–H and O–H groups in total. The zero-order chi connectivity index (χ0) is 27.7. The topological polar surface area (TPSA) is 97.0 Å². The lowest BCUT2D eigenvalue weighted by Gasteiger charge is -2.38. The van der Waals surface area contributed by atoms with E-state index in [1.165, 1.54) is 0 Å². The van der Waals surface area contributed by atoms with Gasteiger partial charge in [0.1, 0.15) is 11.6 Å². The molecule has 1 aromatic rings. The first kappa shape index (κ1) is 28.2. The van der Waals surface area contributed by atoms with Gasteiger partial charge in [0.05, 0.1) is 17.9 Å². The number of nitrogens with zero attached hydrogens (tertiary/aromatic N) is 1. The molecule has 1 aliphatic carbocycles. The normalized spacial score (nSPS) is 34.8. The Morgan fingerprint density at radius 3 is 2.82 bits per heavy atom. The average molecular weight is 556 g/mol. The zero-order valence-electron chi connectivity index (χ0n) is 23.4. The SMILES string of the molecule is CCOCCCN1C(=O)[C@@H]2[C@H](C(=O)Nc3cccc(SC)c3)[C@@H]3C=C[C@@]2(O3)[C@@H]1C(=O)N[C@@H]1CCC[C@H](C)[C@@H]1C. The number of ether oxygens (including phenoxy) is 2. The molecule has 3 aliphatic heterocycles. The molecule has 1 aromatic carbocycles. The summed E-state index contributed by atoms with van der Waals surface area (Å²) in [5.41, 5.74) is -0.467. The molecule has 3 fully saturated rings. The third-order valence-electron chi connectivity index (χ3n) is 9.19. The second-order valence-electron chi connectivity index (χ2n) is 11.4. The number of anilines is 1. The molecule has 1 saturated carbocycles. The molecule has 2 saturated heterocycles. The maximum absolute atomic E-state index is 14.0. The van der Waals surface area contributed by atoms with E-state index in [0.717, 1.165) is 24.2 Å². The number of hydrogen-bond donors (Lipinski definition) is 2. The van der Waals surface area contributed by atoms with Crippen LogP contribution in [0.3, 0.4) is 0 Å². The molecule has 0 radical (unpaired) electrons. The largest absolute Gasteiger partial charge is 0.382 e. The summed E-state index contributed by atoms with van der Waals surface area (Å²) in [5, 5.41) is 6.31. The van der Waals surface area contributed by atoms with E-state index in [2.05, 4.69) is 24.5 Å². The van der Waals surface area contributed by atoms with Crippen molar-refractivity contribution in [2.75, 3.05) is 31.3 Å². The van der Waals surface area contributed by atoms with Gasteiger partial charge in [-0.25, -0.2) is 0 Å². The van der Waals surface area contributed by atoms with Gasteiger partial charge < -0.3 is 25.0 Å². The average Bonchev–Trinajstić information content (AvgIpc) is 3.56. The number of likely N-dealkylation sites (tertiary alicyclic amines) is 1. The van der Waals surface area contributed by atoms with E-state index in [-0.39, 0.29) is 23.8 Å². The van der Waals surface area contributed by atoms with Crippen molar-refractivity contribution in [3.05, 3.63) is 36.4 Å². The molecule has 8 nitrogen and oxygen atoms in total. The van der Waals surface area contributed by atoms with Gasteiger partial charge in [-0.05, 0) is 56.1 Å². The van der Waals surface area contributed by atoms with Crippen LogP contribution in [0.1, 0.15) is 46.5 Å². The fourth-order valence-electron chi connectivity index (χ4n) is 6.96. The number of carbonyl (C=O) groups is 3. The summed E-state index contributed by atoms with van der Waals surface area (Å²) < 4.78 is 12.0. The molecule has 1 spiro atoms. The highest BCUT2D eigenvalue weighted by Gasteiger charge is 2.72. The third kappa shape index (κ3) is 5.13. The van der Waals surface area contributed by atoms with Gasteiger partial charge in [-0.1, -0.05) is 44.9 Å². The summed E-state index contributed by atoms with van der Waals surface area (Å²) in [5.74, 6) is -1.21. The van der Waals surface area contributed by atoms with Gasteiger partial charge in [0.15, 0.2) is 0 Å². The first-order valence-electron chi connectivity index (χ1n) is 14.3. The van der Waals surface area contributed by atoms with Crippen molar-refractivity contribution in [2.45, 2.75) is 75.1 Å². The lowest BCUT2D eigenvalue weighted by atomic mass is 9.73. The van der Waals surface area contributed by atoms with Gasteiger partial charge >= 0.3 is 0 Å². The van der Waals surface area contributed by atoms with E-state index in [9.17, 15) is 14.4 Å². The summed E-state index contributed by atoms with van der Waals surface area (Å²) in [7, 11) is 0. The van der Waals surface area contributed by atoms with E-state index < -0.39 is 29.6 Å². The number of amides is 3. The van der Waals surface area contributed by atoms with Crippen molar-refractivity contribution in [3.8, 4) is 0 Å². The molecular formula is C30H41N3O5S. The van der Waals surface area contributed by atoms with Crippen molar-refractivity contribution in [1.29, 1.82) is 0 Å². The molecule has 9 heteroatoms. The van der Waals surface area contributed by atoms with Crippen LogP contribution in [0.25, 0.3) is 0 Å². The van der Waals surface area contributed by atoms with E-state index in [0.29, 0.717) is 43.7 Å². The molecule has 0 unspecified atom stereocenters. The van der Waals surface area contributed by atoms with Crippen LogP contribution in [0, 0.1) is 23.7 Å². The molecule has 2 bridgehead atoms. The van der Waals surface area contributed by atoms with E-state index in [4.69, 9.17) is 9.47 Å². The number of benzene rings is 1. The van der Waals surface area contributed by atoms with Crippen LogP contribution in [0.15, 0.2) is 41.3 Å². The minimum Gasteiger partial charge on any atom is -0.382 e. The summed E-state index contributed by atoms with van der Waals surface area (Å²) in [6.45, 7) is 7.83.